The van der Waals surface area contributed by atoms with E-state index in [1.54, 1.807) is 71.9 Å². The van der Waals surface area contributed by atoms with Crippen LogP contribution in [0.2, 0.25) is 0 Å². The number of phenols is 1. The number of primary amides is 1. The van der Waals surface area contributed by atoms with Gasteiger partial charge in [-0.25, -0.2) is 9.78 Å². The molecule has 2 aromatic carbocycles. The van der Waals surface area contributed by atoms with Crippen LogP contribution in [0.25, 0.3) is 0 Å². The highest BCUT2D eigenvalue weighted by atomic mass is 16.4. The number of likely N-dealkylation sites (tertiary alicyclic amines) is 1. The van der Waals surface area contributed by atoms with Crippen molar-refractivity contribution in [3.63, 3.8) is 0 Å². The highest BCUT2D eigenvalue weighted by molar-refractivity contribution is 5.99. The van der Waals surface area contributed by atoms with Crippen LogP contribution in [-0.2, 0) is 72.0 Å². The molecule has 1 saturated heterocycles. The molecule has 0 saturated carbocycles. The molecule has 3 aromatic rings. The Morgan fingerprint density at radius 1 is 0.674 bits per heavy atom. The Balaban J connectivity index is 1.58. The summed E-state index contributed by atoms with van der Waals surface area (Å²) in [6, 6.07) is 2.64. The van der Waals surface area contributed by atoms with Crippen molar-refractivity contribution >= 4 is 71.0 Å². The third-order valence-electron chi connectivity index (χ3n) is 14.0. The number of carboxylic acid groups (broad SMARTS) is 1. The van der Waals surface area contributed by atoms with Gasteiger partial charge in [-0.05, 0) is 73.1 Å². The number of phenolic OH excluding ortho intramolecular Hbond substituents is 1. The minimum absolute atomic E-state index is 0.0241. The summed E-state index contributed by atoms with van der Waals surface area (Å²) < 4.78 is 0. The molecule has 86 heavy (non-hydrogen) atoms. The number of nitrogens with zero attached hydrogens (tertiary/aromatic N) is 3. The lowest BCUT2D eigenvalue weighted by atomic mass is 9.98. The lowest BCUT2D eigenvalue weighted by Crippen LogP contribution is -2.62. The molecule has 0 unspecified atom stereocenters. The molecule has 1 fully saturated rings. The molecule has 4 rings (SSSR count). The second-order valence-corrected chi connectivity index (χ2v) is 22.3. The molecular formula is C57H84N16O13. The summed E-state index contributed by atoms with van der Waals surface area (Å²) in [5, 5.41) is 40.7. The Morgan fingerprint density at radius 3 is 1.79 bits per heavy atom. The Morgan fingerprint density at radius 2 is 1.24 bits per heavy atom. The molecule has 1 aromatic heterocycles. The molecular weight excluding hydrogens is 1120 g/mol. The summed E-state index contributed by atoms with van der Waals surface area (Å²) >= 11 is 0. The van der Waals surface area contributed by atoms with Crippen molar-refractivity contribution < 1.29 is 63.0 Å². The fourth-order valence-corrected chi connectivity index (χ4v) is 9.41. The number of H-pyrrole nitrogens is 1. The first-order valence-electron chi connectivity index (χ1n) is 28.4. The van der Waals surface area contributed by atoms with Gasteiger partial charge in [-0.2, -0.15) is 0 Å². The smallest absolute Gasteiger partial charge is 0.326 e. The van der Waals surface area contributed by atoms with Gasteiger partial charge in [-0.1, -0.05) is 84.0 Å². The number of hydrogen-bond donors (Lipinski definition) is 15. The number of hydrogen-bond acceptors (Lipinski definition) is 15. The number of nitrogens with one attached hydrogen (secondary N) is 9. The lowest BCUT2D eigenvalue weighted by molar-refractivity contribution is -0.143. The fourth-order valence-electron chi connectivity index (χ4n) is 9.41. The quantitative estimate of drug-likeness (QED) is 0.0165. The molecule has 9 atom stereocenters. The van der Waals surface area contributed by atoms with Gasteiger partial charge in [0.25, 0.3) is 0 Å². The number of amides is 10. The Hall–Kier alpha value is -9.15. The zero-order valence-corrected chi connectivity index (χ0v) is 49.3. The number of nitrogens with two attached hydrogens (primary N) is 4. The number of carboxylic acids is 1. The largest absolute Gasteiger partial charge is 0.508 e. The van der Waals surface area contributed by atoms with Gasteiger partial charge in [-0.3, -0.25) is 52.9 Å². The van der Waals surface area contributed by atoms with Gasteiger partial charge < -0.3 is 85.6 Å². The SMILES string of the molecule is CC(C)C[C@H](NC(=O)CNC(=O)[C@H](Cc1ccccc1)NC(=O)[C@@H]1CCCN1C(=O)[C@H](Cc1cnc[nH]1)NC(=O)[C@@H](NC(=O)[C@H](Cc1ccc(O)cc1)NC(=O)[C@@H](NC(=O)[C@H](CCCN=C(N)N)NC(=O)[C@@H](N)CC(N)=O)C(C)C)C(C)C)C(=O)O. The van der Waals surface area contributed by atoms with Crippen molar-refractivity contribution in [2.75, 3.05) is 19.6 Å². The average molecular weight is 1200 g/mol. The van der Waals surface area contributed by atoms with E-state index in [-0.39, 0.29) is 75.7 Å². The minimum Gasteiger partial charge on any atom is -0.508 e. The molecule has 19 N–H and O–H groups in total. The number of benzene rings is 2. The highest BCUT2D eigenvalue weighted by Crippen LogP contribution is 2.21. The van der Waals surface area contributed by atoms with Gasteiger partial charge in [0.05, 0.1) is 25.3 Å². The van der Waals surface area contributed by atoms with Crippen molar-refractivity contribution in [2.45, 2.75) is 154 Å². The average Bonchev–Trinajstić information content (AvgIpc) is 4.40. The van der Waals surface area contributed by atoms with Crippen LogP contribution in [-0.4, -0.2) is 170 Å². The Kier molecular flexibility index (Phi) is 27.4. The van der Waals surface area contributed by atoms with Crippen LogP contribution in [0, 0.1) is 17.8 Å². The monoisotopic (exact) mass is 1200 g/mol. The predicted molar refractivity (Wildman–Crippen MR) is 314 cm³/mol. The van der Waals surface area contributed by atoms with E-state index in [0.717, 1.165) is 0 Å². The van der Waals surface area contributed by atoms with Gasteiger partial charge in [0, 0.05) is 44.2 Å². The number of aliphatic carboxylic acids is 1. The normalized spacial score (nSPS) is 15.7. The standard InChI is InChI=1S/C57H84N16O13/c1-30(2)22-42(56(85)86)66-45(76)28-64-49(78)39(23-33-12-8-7-9-13-33)68-52(81)43-15-11-21-73(43)55(84)41(25-35-27-62-29-65-35)70-54(83)47(32(5)6)72-51(80)40(24-34-16-18-36(74)19-17-34)69-53(82)46(31(3)4)71-50(79)38(14-10-20-63-57(60)61)67-48(77)37(58)26-44(59)75/h7-9,12-13,16-19,27,29-32,37-43,46-47,74H,10-11,14-15,20-26,28,58H2,1-6H3,(H2,59,75)(H,62,65)(H,64,78)(H,66,76)(H,67,77)(H,68,81)(H,69,82)(H,70,83)(H,71,79)(H,72,80)(H,85,86)(H4,60,61,63)/t37-,38-,39-,40-,41-,42-,43-,46-,47-/m0/s1. The van der Waals surface area contributed by atoms with E-state index in [9.17, 15) is 63.0 Å². The molecule has 1 aliphatic heterocycles. The molecule has 0 bridgehead atoms. The zero-order chi connectivity index (χ0) is 63.8. The maximum absolute atomic E-state index is 14.8. The summed E-state index contributed by atoms with van der Waals surface area (Å²) in [5.74, 6) is -10.9. The second kappa shape index (κ2) is 34.0. The van der Waals surface area contributed by atoms with E-state index in [1.165, 1.54) is 41.7 Å². The number of aliphatic imine (C=N–C) groups is 1. The second-order valence-electron chi connectivity index (χ2n) is 22.3. The molecule has 29 nitrogen and oxygen atoms in total. The first-order chi connectivity index (χ1) is 40.6. The minimum atomic E-state index is -1.45. The Labute approximate surface area is 498 Å². The number of rotatable bonds is 34. The van der Waals surface area contributed by atoms with Crippen molar-refractivity contribution in [3.05, 3.63) is 83.9 Å². The van der Waals surface area contributed by atoms with E-state index in [4.69, 9.17) is 22.9 Å². The first-order valence-corrected chi connectivity index (χ1v) is 28.4. The summed E-state index contributed by atoms with van der Waals surface area (Å²) in [7, 11) is 0. The Bertz CT molecular complexity index is 2830. The van der Waals surface area contributed by atoms with Crippen LogP contribution in [0.1, 0.15) is 96.9 Å². The maximum Gasteiger partial charge on any atom is 0.326 e. The van der Waals surface area contributed by atoms with Crippen molar-refractivity contribution in [1.82, 2.24) is 57.4 Å². The number of imidazole rings is 1. The summed E-state index contributed by atoms with van der Waals surface area (Å²) in [4.78, 5) is 162. The summed E-state index contributed by atoms with van der Waals surface area (Å²) in [6.07, 6.45) is 2.72. The van der Waals surface area contributed by atoms with E-state index in [2.05, 4.69) is 57.5 Å². The van der Waals surface area contributed by atoms with Gasteiger partial charge in [0.1, 0.15) is 54.1 Å². The predicted octanol–water partition coefficient (Wildman–Crippen LogP) is -2.66. The van der Waals surface area contributed by atoms with Crippen molar-refractivity contribution in [2.24, 2.45) is 45.7 Å². The van der Waals surface area contributed by atoms with Gasteiger partial charge in [0.2, 0.25) is 59.1 Å². The topological polar surface area (TPSA) is 473 Å². The van der Waals surface area contributed by atoms with Crippen molar-refractivity contribution in [1.29, 1.82) is 0 Å². The van der Waals surface area contributed by atoms with Crippen LogP contribution in [0.3, 0.4) is 0 Å². The van der Waals surface area contributed by atoms with E-state index >= 15 is 0 Å². The van der Waals surface area contributed by atoms with Gasteiger partial charge >= 0.3 is 5.97 Å². The number of aromatic hydroxyl groups is 1. The number of guanidine groups is 1. The number of aromatic nitrogens is 2. The molecule has 2 heterocycles. The maximum atomic E-state index is 14.8. The molecule has 0 radical (unpaired) electrons. The number of aromatic amines is 1. The van der Waals surface area contributed by atoms with Crippen LogP contribution < -0.4 is 65.5 Å². The molecule has 1 aliphatic rings. The summed E-state index contributed by atoms with van der Waals surface area (Å²) in [6.45, 7) is 9.65. The lowest BCUT2D eigenvalue weighted by Gasteiger charge is -2.31. The fraction of sp³-hybridized carbons (Fsp3) is 0.526. The van der Waals surface area contributed by atoms with Gasteiger partial charge in [0.15, 0.2) is 5.96 Å². The number of carbonyl (C=O) groups excluding carboxylic acids is 10. The van der Waals surface area contributed by atoms with E-state index < -0.39 is 144 Å². The molecule has 470 valence electrons. The van der Waals surface area contributed by atoms with Crippen molar-refractivity contribution in [3.8, 4) is 5.75 Å². The third-order valence-corrected chi connectivity index (χ3v) is 14.0. The molecule has 29 heteroatoms. The highest BCUT2D eigenvalue weighted by Gasteiger charge is 2.41. The molecule has 0 aliphatic carbocycles. The van der Waals surface area contributed by atoms with Crippen LogP contribution >= 0.6 is 0 Å². The van der Waals surface area contributed by atoms with E-state index in [0.29, 0.717) is 23.2 Å². The first kappa shape index (κ1) is 69.3. The van der Waals surface area contributed by atoms with Gasteiger partial charge in [-0.15, -0.1) is 0 Å². The molecule has 0 spiro atoms. The van der Waals surface area contributed by atoms with Crippen LogP contribution in [0.15, 0.2) is 72.1 Å². The molecule has 10 amide bonds. The number of carbonyl (C=O) groups is 11. The third kappa shape index (κ3) is 22.8. The van der Waals surface area contributed by atoms with E-state index in [1.807, 2.05) is 0 Å². The van der Waals surface area contributed by atoms with Crippen LogP contribution in [0.4, 0.5) is 0 Å². The zero-order valence-electron chi connectivity index (χ0n) is 49.3. The van der Waals surface area contributed by atoms with Crippen LogP contribution in [0.5, 0.6) is 5.75 Å². The summed E-state index contributed by atoms with van der Waals surface area (Å²) in [5.41, 5.74) is 23.5.